The van der Waals surface area contributed by atoms with Gasteiger partial charge in [0.1, 0.15) is 4.90 Å². The molecule has 0 heterocycles. The summed E-state index contributed by atoms with van der Waals surface area (Å²) < 4.78 is 26.9. The number of hydrogen-bond acceptors (Lipinski definition) is 4. The molecule has 0 aromatic heterocycles. The van der Waals surface area contributed by atoms with Gasteiger partial charge in [-0.3, -0.25) is 0 Å². The Bertz CT molecular complexity index is 748. The molecule has 2 aromatic rings. The van der Waals surface area contributed by atoms with Crippen molar-refractivity contribution < 1.29 is 13.5 Å². The highest BCUT2D eigenvalue weighted by Crippen LogP contribution is 2.22. The van der Waals surface area contributed by atoms with Crippen LogP contribution in [0.4, 0.5) is 5.69 Å². The monoisotopic (exact) mass is 326 g/mol. The van der Waals surface area contributed by atoms with Crippen LogP contribution in [0.15, 0.2) is 47.4 Å². The number of benzene rings is 2. The molecule has 2 aromatic carbocycles. The molecule has 0 saturated carbocycles. The molecule has 0 unspecified atom stereocenters. The number of nitrogen functional groups attached to an aromatic ring is 1. The Kier molecular flexibility index (Phi) is 4.84. The minimum Gasteiger partial charge on any atom is -0.398 e. The van der Waals surface area contributed by atoms with Crippen molar-refractivity contribution in [1.82, 2.24) is 4.72 Å². The number of anilines is 1. The van der Waals surface area contributed by atoms with Crippen molar-refractivity contribution >= 4 is 27.3 Å². The molecule has 0 saturated heterocycles. The summed E-state index contributed by atoms with van der Waals surface area (Å²) in [7, 11) is -3.72. The summed E-state index contributed by atoms with van der Waals surface area (Å²) in [4.78, 5) is -0.00906. The van der Waals surface area contributed by atoms with Crippen LogP contribution in [0.1, 0.15) is 11.1 Å². The maximum Gasteiger partial charge on any atom is 0.242 e. The lowest BCUT2D eigenvalue weighted by molar-refractivity contribution is 0.281. The Hall–Kier alpha value is -1.60. The molecule has 2 rings (SSSR count). The van der Waals surface area contributed by atoms with Gasteiger partial charge in [-0.15, -0.1) is 0 Å². The molecule has 7 heteroatoms. The number of hydrogen-bond donors (Lipinski definition) is 3. The zero-order valence-electron chi connectivity index (χ0n) is 11.1. The molecule has 0 atom stereocenters. The zero-order valence-corrected chi connectivity index (χ0v) is 12.7. The fourth-order valence-electron chi connectivity index (χ4n) is 1.86. The van der Waals surface area contributed by atoms with E-state index in [4.69, 9.17) is 22.4 Å². The van der Waals surface area contributed by atoms with Crippen LogP contribution in [0.3, 0.4) is 0 Å². The van der Waals surface area contributed by atoms with Crippen molar-refractivity contribution in [3.63, 3.8) is 0 Å². The topological polar surface area (TPSA) is 92.4 Å². The number of aliphatic hydroxyl groups excluding tert-OH is 1. The van der Waals surface area contributed by atoms with Crippen LogP contribution in [-0.2, 0) is 23.2 Å². The molecule has 0 aliphatic carbocycles. The summed E-state index contributed by atoms with van der Waals surface area (Å²) in [6.07, 6.45) is 0. The molecule has 112 valence electrons. The molecule has 4 N–H and O–H groups in total. The third-order valence-corrected chi connectivity index (χ3v) is 4.61. The van der Waals surface area contributed by atoms with Crippen LogP contribution in [0.25, 0.3) is 0 Å². The van der Waals surface area contributed by atoms with Crippen LogP contribution >= 0.6 is 11.6 Å². The Morgan fingerprint density at radius 1 is 1.14 bits per heavy atom. The fraction of sp³-hybridized carbons (Fsp3) is 0.143. The number of sulfonamides is 1. The van der Waals surface area contributed by atoms with E-state index in [1.807, 2.05) is 0 Å². The van der Waals surface area contributed by atoms with Gasteiger partial charge in [0.2, 0.25) is 10.0 Å². The van der Waals surface area contributed by atoms with Crippen LogP contribution in [0.5, 0.6) is 0 Å². The van der Waals surface area contributed by atoms with Crippen LogP contribution in [-0.4, -0.2) is 13.5 Å². The Balaban J connectivity index is 2.17. The largest absolute Gasteiger partial charge is 0.398 e. The summed E-state index contributed by atoms with van der Waals surface area (Å²) in [6.45, 7) is 0.0168. The second-order valence-corrected chi connectivity index (χ2v) is 6.66. The van der Waals surface area contributed by atoms with E-state index in [1.54, 1.807) is 24.3 Å². The van der Waals surface area contributed by atoms with Crippen molar-refractivity contribution in [2.45, 2.75) is 18.0 Å². The molecule has 21 heavy (non-hydrogen) atoms. The van der Waals surface area contributed by atoms with Crippen LogP contribution < -0.4 is 10.5 Å². The van der Waals surface area contributed by atoms with Crippen molar-refractivity contribution in [2.75, 3.05) is 5.73 Å². The number of halogens is 1. The van der Waals surface area contributed by atoms with E-state index >= 15 is 0 Å². The van der Waals surface area contributed by atoms with Gasteiger partial charge in [-0.25, -0.2) is 13.1 Å². The first-order chi connectivity index (χ1) is 9.92. The van der Waals surface area contributed by atoms with Gasteiger partial charge in [-0.2, -0.15) is 0 Å². The Morgan fingerprint density at radius 3 is 2.52 bits per heavy atom. The summed E-state index contributed by atoms with van der Waals surface area (Å²) in [5, 5.41) is 9.44. The van der Waals surface area contributed by atoms with E-state index in [2.05, 4.69) is 4.72 Å². The van der Waals surface area contributed by atoms with Gasteiger partial charge in [0, 0.05) is 11.6 Å². The van der Waals surface area contributed by atoms with Gasteiger partial charge in [0.15, 0.2) is 0 Å². The second-order valence-electron chi connectivity index (χ2n) is 4.48. The molecule has 0 radical (unpaired) electrons. The Morgan fingerprint density at radius 2 is 1.86 bits per heavy atom. The quantitative estimate of drug-likeness (QED) is 0.732. The lowest BCUT2D eigenvalue weighted by Gasteiger charge is -2.10. The number of aliphatic hydroxyl groups is 1. The smallest absolute Gasteiger partial charge is 0.242 e. The highest BCUT2D eigenvalue weighted by molar-refractivity contribution is 7.89. The van der Waals surface area contributed by atoms with E-state index in [1.165, 1.54) is 18.2 Å². The zero-order chi connectivity index (χ0) is 15.5. The number of rotatable bonds is 5. The van der Waals surface area contributed by atoms with E-state index in [-0.39, 0.29) is 23.7 Å². The molecule has 0 aliphatic rings. The van der Waals surface area contributed by atoms with Gasteiger partial charge in [0.05, 0.1) is 12.3 Å². The molecule has 0 amide bonds. The maximum absolute atomic E-state index is 12.2. The van der Waals surface area contributed by atoms with Crippen molar-refractivity contribution in [3.8, 4) is 0 Å². The molecular formula is C14H15ClN2O3S. The molecule has 0 aliphatic heterocycles. The number of nitrogens with one attached hydrogen (secondary N) is 1. The summed E-state index contributed by atoms with van der Waals surface area (Å²) >= 11 is 5.75. The molecule has 0 bridgehead atoms. The van der Waals surface area contributed by atoms with Gasteiger partial charge in [-0.1, -0.05) is 35.9 Å². The average Bonchev–Trinajstić information content (AvgIpc) is 2.45. The van der Waals surface area contributed by atoms with Gasteiger partial charge >= 0.3 is 0 Å². The molecule has 0 spiro atoms. The highest BCUT2D eigenvalue weighted by atomic mass is 35.5. The molecule has 0 fully saturated rings. The van der Waals surface area contributed by atoms with E-state index < -0.39 is 10.0 Å². The first-order valence-corrected chi connectivity index (χ1v) is 8.02. The lowest BCUT2D eigenvalue weighted by Crippen LogP contribution is -2.24. The van der Waals surface area contributed by atoms with Crippen molar-refractivity contribution in [2.24, 2.45) is 0 Å². The normalized spacial score (nSPS) is 11.5. The van der Waals surface area contributed by atoms with Crippen molar-refractivity contribution in [1.29, 1.82) is 0 Å². The summed E-state index contributed by atoms with van der Waals surface area (Å²) in [6, 6.07) is 11.2. The average molecular weight is 327 g/mol. The van der Waals surface area contributed by atoms with Gasteiger partial charge in [0.25, 0.3) is 0 Å². The van der Waals surface area contributed by atoms with Crippen LogP contribution in [0.2, 0.25) is 5.02 Å². The third kappa shape index (κ3) is 3.95. The highest BCUT2D eigenvalue weighted by Gasteiger charge is 2.17. The number of nitrogens with two attached hydrogens (primary N) is 1. The minimum atomic E-state index is -3.72. The van der Waals surface area contributed by atoms with E-state index in [0.29, 0.717) is 5.02 Å². The predicted molar refractivity (Wildman–Crippen MR) is 82.3 cm³/mol. The molecular weight excluding hydrogens is 312 g/mol. The summed E-state index contributed by atoms with van der Waals surface area (Å²) in [5.74, 6) is 0. The lowest BCUT2D eigenvalue weighted by atomic mass is 10.1. The Labute approximate surface area is 128 Å². The fourth-order valence-corrected chi connectivity index (χ4v) is 3.17. The van der Waals surface area contributed by atoms with E-state index in [9.17, 15) is 8.42 Å². The second kappa shape index (κ2) is 6.44. The van der Waals surface area contributed by atoms with Gasteiger partial charge in [-0.05, 0) is 29.3 Å². The predicted octanol–water partition coefficient (Wildman–Crippen LogP) is 1.89. The first-order valence-electron chi connectivity index (χ1n) is 6.16. The van der Waals surface area contributed by atoms with E-state index in [0.717, 1.165) is 11.1 Å². The first kappa shape index (κ1) is 15.8. The van der Waals surface area contributed by atoms with Gasteiger partial charge < -0.3 is 10.8 Å². The SMILES string of the molecule is Nc1cc(Cl)ccc1S(=O)(=O)NCc1cccc(CO)c1. The third-order valence-electron chi connectivity index (χ3n) is 2.90. The maximum atomic E-state index is 12.2. The molecule has 5 nitrogen and oxygen atoms in total. The van der Waals surface area contributed by atoms with Crippen LogP contribution in [0, 0.1) is 0 Å². The standard InChI is InChI=1S/C14H15ClN2O3S/c15-12-4-5-14(13(16)7-12)21(19,20)17-8-10-2-1-3-11(6-10)9-18/h1-7,17-18H,8-9,16H2. The minimum absolute atomic E-state index is 0.00906. The van der Waals surface area contributed by atoms with Crippen molar-refractivity contribution in [3.05, 3.63) is 58.6 Å². The summed E-state index contributed by atoms with van der Waals surface area (Å²) in [5.41, 5.74) is 7.25.